The minimum Gasteiger partial charge on any atom is -0.278 e. The highest BCUT2D eigenvalue weighted by Crippen LogP contribution is 2.53. The van der Waals surface area contributed by atoms with Crippen molar-refractivity contribution in [3.8, 4) is 84.4 Å². The number of aromatic nitrogens is 4. The van der Waals surface area contributed by atoms with Crippen molar-refractivity contribution >= 4 is 32.6 Å². The van der Waals surface area contributed by atoms with Crippen LogP contribution in [0.15, 0.2) is 231 Å². The van der Waals surface area contributed by atoms with Gasteiger partial charge in [-0.3, -0.25) is 4.57 Å². The van der Waals surface area contributed by atoms with Gasteiger partial charge in [-0.05, 0) is 132 Å². The van der Waals surface area contributed by atoms with E-state index in [0.717, 1.165) is 77.4 Å². The van der Waals surface area contributed by atoms with Crippen LogP contribution in [0.4, 0.5) is 0 Å². The molecule has 0 saturated heterocycles. The highest BCUT2D eigenvalue weighted by Gasteiger charge is 2.37. The Bertz CT molecular complexity index is 3650. The third-order valence-electron chi connectivity index (χ3n) is 14.0. The first-order valence-electron chi connectivity index (χ1n) is 23.3. The Morgan fingerprint density at radius 3 is 1.28 bits per heavy atom. The van der Waals surface area contributed by atoms with E-state index in [9.17, 15) is 0 Å². The molecule has 10 aromatic carbocycles. The average Bonchev–Trinajstić information content (AvgIpc) is 3.85. The van der Waals surface area contributed by atoms with Crippen LogP contribution in [-0.4, -0.2) is 19.5 Å². The van der Waals surface area contributed by atoms with Crippen LogP contribution in [-0.2, 0) is 5.41 Å². The van der Waals surface area contributed by atoms with Crippen molar-refractivity contribution in [2.24, 2.45) is 0 Å². The highest BCUT2D eigenvalue weighted by atomic mass is 15.2. The molecule has 0 atom stereocenters. The summed E-state index contributed by atoms with van der Waals surface area (Å²) in [5, 5.41) is 4.84. The normalized spacial score (nSPS) is 12.7. The van der Waals surface area contributed by atoms with E-state index in [4.69, 9.17) is 15.0 Å². The van der Waals surface area contributed by atoms with Gasteiger partial charge in [-0.25, -0.2) is 4.98 Å². The number of fused-ring (bicyclic) bond motifs is 8. The third kappa shape index (κ3) is 6.56. The van der Waals surface area contributed by atoms with Crippen molar-refractivity contribution in [2.75, 3.05) is 0 Å². The number of hydrogen-bond donors (Lipinski definition) is 0. The molecule has 0 fully saturated rings. The second-order valence-electron chi connectivity index (χ2n) is 18.4. The van der Waals surface area contributed by atoms with Crippen LogP contribution in [0, 0.1) is 0 Å². The molecule has 0 spiro atoms. The van der Waals surface area contributed by atoms with Crippen molar-refractivity contribution < 1.29 is 0 Å². The second kappa shape index (κ2) is 15.7. The monoisotopic (exact) mass is 868 g/mol. The topological polar surface area (TPSA) is 43.6 Å². The Labute approximate surface area is 395 Å². The smallest absolute Gasteiger partial charge is 0.238 e. The SMILES string of the molecule is CC1(C)c2cc3c(cc2-c2c1ccc1ccccc21)c1ccccc1n3-c1nc(-c2cc(-c3ccccc3)cc(-c3ccccc3)c2)nc(-c2cc(-c3ccccc3)cc(-c3ccccc3)c2)n1. The Hall–Kier alpha value is -8.73. The predicted octanol–water partition coefficient (Wildman–Crippen LogP) is 16.4. The maximum Gasteiger partial charge on any atom is 0.238 e. The molecule has 4 heteroatoms. The first kappa shape index (κ1) is 39.6. The molecule has 1 aliphatic rings. The van der Waals surface area contributed by atoms with Gasteiger partial charge in [-0.15, -0.1) is 0 Å². The maximum atomic E-state index is 5.55. The van der Waals surface area contributed by atoms with Gasteiger partial charge in [0.15, 0.2) is 11.6 Å². The molecule has 1 aliphatic carbocycles. The third-order valence-corrected chi connectivity index (χ3v) is 14.0. The van der Waals surface area contributed by atoms with Crippen molar-refractivity contribution in [1.29, 1.82) is 0 Å². The molecule has 320 valence electrons. The van der Waals surface area contributed by atoms with Gasteiger partial charge in [0.1, 0.15) is 0 Å². The molecule has 2 aromatic heterocycles. The Kier molecular flexibility index (Phi) is 9.16. The van der Waals surface area contributed by atoms with Crippen molar-refractivity contribution in [2.45, 2.75) is 19.3 Å². The van der Waals surface area contributed by atoms with Crippen molar-refractivity contribution in [3.05, 3.63) is 242 Å². The minimum atomic E-state index is -0.239. The lowest BCUT2D eigenvalue weighted by Crippen LogP contribution is -2.15. The molecule has 0 unspecified atom stereocenters. The van der Waals surface area contributed by atoms with E-state index in [-0.39, 0.29) is 5.41 Å². The van der Waals surface area contributed by atoms with E-state index < -0.39 is 0 Å². The standard InChI is InChI=1S/C64H44N4/c1-64(2)56-32-31-45-27-15-16-28-52(45)60(56)55-39-54-53-29-17-18-30-58(53)68(59(54)40-57(55)64)63-66-61(50-35-46(41-19-7-3-8-20-41)33-47(36-50)42-21-9-4-10-22-42)65-62(67-63)51-37-48(43-23-11-5-12-24-43)34-49(38-51)44-25-13-6-14-26-44/h3-40H,1-2H3. The van der Waals surface area contributed by atoms with Crippen LogP contribution in [0.5, 0.6) is 0 Å². The lowest BCUT2D eigenvalue weighted by atomic mass is 9.82. The van der Waals surface area contributed by atoms with Crippen LogP contribution < -0.4 is 0 Å². The summed E-state index contributed by atoms with van der Waals surface area (Å²) in [6, 6.07) is 82.6. The van der Waals surface area contributed by atoms with Crippen LogP contribution in [0.2, 0.25) is 0 Å². The molecule has 13 rings (SSSR count). The molecule has 12 aromatic rings. The first-order chi connectivity index (χ1) is 33.4. The van der Waals surface area contributed by atoms with Gasteiger partial charge in [0.25, 0.3) is 0 Å². The fourth-order valence-corrected chi connectivity index (χ4v) is 10.6. The maximum absolute atomic E-state index is 5.55. The molecule has 0 amide bonds. The Morgan fingerprint density at radius 2 is 0.765 bits per heavy atom. The molecule has 0 radical (unpaired) electrons. The number of benzene rings is 10. The first-order valence-corrected chi connectivity index (χ1v) is 23.3. The zero-order valence-electron chi connectivity index (χ0n) is 37.7. The summed E-state index contributed by atoms with van der Waals surface area (Å²) < 4.78 is 2.27. The number of para-hydroxylation sites is 1. The summed E-state index contributed by atoms with van der Waals surface area (Å²) in [5.74, 6) is 1.75. The summed E-state index contributed by atoms with van der Waals surface area (Å²) in [7, 11) is 0. The molecule has 0 aliphatic heterocycles. The second-order valence-corrected chi connectivity index (χ2v) is 18.4. The van der Waals surface area contributed by atoms with Crippen LogP contribution in [0.1, 0.15) is 25.0 Å². The molecule has 68 heavy (non-hydrogen) atoms. The lowest BCUT2D eigenvalue weighted by Gasteiger charge is -2.22. The van der Waals surface area contributed by atoms with E-state index in [1.807, 2.05) is 0 Å². The minimum absolute atomic E-state index is 0.239. The number of nitrogens with zero attached hydrogens (tertiary/aromatic N) is 4. The molecule has 0 saturated carbocycles. The van der Waals surface area contributed by atoms with Gasteiger partial charge in [0.05, 0.1) is 11.0 Å². The fourth-order valence-electron chi connectivity index (χ4n) is 10.6. The van der Waals surface area contributed by atoms with E-state index in [1.54, 1.807) is 0 Å². The quantitative estimate of drug-likeness (QED) is 0.160. The van der Waals surface area contributed by atoms with E-state index >= 15 is 0 Å². The van der Waals surface area contributed by atoms with E-state index in [0.29, 0.717) is 17.6 Å². The molecular formula is C64H44N4. The summed E-state index contributed by atoms with van der Waals surface area (Å²) in [6.07, 6.45) is 0. The van der Waals surface area contributed by atoms with Gasteiger partial charge < -0.3 is 0 Å². The van der Waals surface area contributed by atoms with Crippen LogP contribution in [0.3, 0.4) is 0 Å². The fraction of sp³-hybridized carbons (Fsp3) is 0.0469. The van der Waals surface area contributed by atoms with Crippen LogP contribution >= 0.6 is 0 Å². The number of hydrogen-bond acceptors (Lipinski definition) is 3. The van der Waals surface area contributed by atoms with Gasteiger partial charge in [-0.1, -0.05) is 190 Å². The predicted molar refractivity (Wildman–Crippen MR) is 282 cm³/mol. The molecule has 0 bridgehead atoms. The van der Waals surface area contributed by atoms with E-state index in [2.05, 4.69) is 249 Å². The Morgan fingerprint density at radius 1 is 0.324 bits per heavy atom. The largest absolute Gasteiger partial charge is 0.278 e. The van der Waals surface area contributed by atoms with Gasteiger partial charge >= 0.3 is 0 Å². The zero-order chi connectivity index (χ0) is 45.3. The van der Waals surface area contributed by atoms with Crippen molar-refractivity contribution in [1.82, 2.24) is 19.5 Å². The molecule has 0 N–H and O–H groups in total. The summed E-state index contributed by atoms with van der Waals surface area (Å²) in [4.78, 5) is 16.6. The summed E-state index contributed by atoms with van der Waals surface area (Å²) in [6.45, 7) is 4.72. The molecule has 2 heterocycles. The highest BCUT2D eigenvalue weighted by molar-refractivity contribution is 6.13. The molecule has 4 nitrogen and oxygen atoms in total. The summed E-state index contributed by atoms with van der Waals surface area (Å²) >= 11 is 0. The van der Waals surface area contributed by atoms with Crippen molar-refractivity contribution in [3.63, 3.8) is 0 Å². The van der Waals surface area contributed by atoms with Gasteiger partial charge in [-0.2, -0.15) is 9.97 Å². The Balaban J connectivity index is 1.11. The van der Waals surface area contributed by atoms with E-state index in [1.165, 1.54) is 33.0 Å². The summed E-state index contributed by atoms with van der Waals surface area (Å²) in [5.41, 5.74) is 17.8. The van der Waals surface area contributed by atoms with Gasteiger partial charge in [0.2, 0.25) is 5.95 Å². The zero-order valence-corrected chi connectivity index (χ0v) is 37.7. The van der Waals surface area contributed by atoms with Crippen LogP contribution in [0.25, 0.3) is 117 Å². The van der Waals surface area contributed by atoms with Gasteiger partial charge in [0, 0.05) is 27.3 Å². The average molecular weight is 869 g/mol. The number of rotatable bonds is 7. The molecular weight excluding hydrogens is 825 g/mol. The lowest BCUT2D eigenvalue weighted by molar-refractivity contribution is 0.661.